The third kappa shape index (κ3) is 3.53. The smallest absolute Gasteiger partial charge is 0.266 e. The van der Waals surface area contributed by atoms with Gasteiger partial charge in [0.25, 0.3) is 17.7 Å². The highest BCUT2D eigenvalue weighted by Gasteiger charge is 2.37. The predicted octanol–water partition coefficient (Wildman–Crippen LogP) is 4.79. The molecular formula is C23H17ClN2O4. The van der Waals surface area contributed by atoms with Crippen LogP contribution in [0.4, 0.5) is 11.4 Å². The molecule has 1 N–H and O–H groups in total. The van der Waals surface area contributed by atoms with E-state index in [4.69, 9.17) is 16.3 Å². The number of rotatable bonds is 5. The van der Waals surface area contributed by atoms with Crippen LogP contribution in [0.1, 0.15) is 38.0 Å². The number of anilines is 2. The van der Waals surface area contributed by atoms with Gasteiger partial charge in [-0.05, 0) is 61.5 Å². The summed E-state index contributed by atoms with van der Waals surface area (Å²) in [6.45, 7) is 2.39. The van der Waals surface area contributed by atoms with Gasteiger partial charge in [-0.1, -0.05) is 23.7 Å². The largest absolute Gasteiger partial charge is 0.494 e. The Morgan fingerprint density at radius 1 is 0.967 bits per heavy atom. The van der Waals surface area contributed by atoms with Crippen LogP contribution in [0.5, 0.6) is 5.75 Å². The first-order valence-corrected chi connectivity index (χ1v) is 9.69. The zero-order valence-electron chi connectivity index (χ0n) is 16.0. The Hall–Kier alpha value is -3.64. The maximum atomic E-state index is 12.9. The van der Waals surface area contributed by atoms with E-state index in [-0.39, 0.29) is 16.7 Å². The van der Waals surface area contributed by atoms with Crippen molar-refractivity contribution in [2.75, 3.05) is 16.8 Å². The molecule has 1 aliphatic rings. The fourth-order valence-electron chi connectivity index (χ4n) is 3.23. The lowest BCUT2D eigenvalue weighted by Crippen LogP contribution is -2.29. The van der Waals surface area contributed by atoms with Gasteiger partial charge in [0, 0.05) is 5.56 Å². The van der Waals surface area contributed by atoms with E-state index >= 15 is 0 Å². The maximum absolute atomic E-state index is 12.9. The molecule has 0 unspecified atom stereocenters. The summed E-state index contributed by atoms with van der Waals surface area (Å²) in [6.07, 6.45) is 0. The summed E-state index contributed by atoms with van der Waals surface area (Å²) < 4.78 is 5.40. The average Bonchev–Trinajstić information content (AvgIpc) is 3.00. The second-order valence-electron chi connectivity index (χ2n) is 6.57. The van der Waals surface area contributed by atoms with Crippen LogP contribution in [0, 0.1) is 0 Å². The normalized spacial score (nSPS) is 12.7. The van der Waals surface area contributed by atoms with Gasteiger partial charge in [0.1, 0.15) is 5.75 Å². The molecule has 3 amide bonds. The number of para-hydroxylation sites is 1. The number of hydrogen-bond acceptors (Lipinski definition) is 4. The SMILES string of the molecule is CCOc1ccc(N2C(=O)c3ccc(C(=O)Nc4ccccc4Cl)cc3C2=O)cc1. The molecule has 150 valence electrons. The number of carbonyl (C=O) groups excluding carboxylic acids is 3. The van der Waals surface area contributed by atoms with Gasteiger partial charge in [-0.15, -0.1) is 0 Å². The monoisotopic (exact) mass is 420 g/mol. The van der Waals surface area contributed by atoms with E-state index in [9.17, 15) is 14.4 Å². The third-order valence-corrected chi connectivity index (χ3v) is 5.01. The fraction of sp³-hybridized carbons (Fsp3) is 0.0870. The molecule has 0 radical (unpaired) electrons. The lowest BCUT2D eigenvalue weighted by Gasteiger charge is -2.14. The van der Waals surface area contributed by atoms with Gasteiger partial charge in [0.05, 0.1) is 34.1 Å². The highest BCUT2D eigenvalue weighted by molar-refractivity contribution is 6.35. The van der Waals surface area contributed by atoms with Crippen molar-refractivity contribution in [3.8, 4) is 5.75 Å². The highest BCUT2D eigenvalue weighted by atomic mass is 35.5. The quantitative estimate of drug-likeness (QED) is 0.602. The number of carbonyl (C=O) groups is 3. The van der Waals surface area contributed by atoms with Gasteiger partial charge in [-0.25, -0.2) is 4.90 Å². The lowest BCUT2D eigenvalue weighted by atomic mass is 10.1. The number of hydrogen-bond donors (Lipinski definition) is 1. The number of nitrogens with one attached hydrogen (secondary N) is 1. The van der Waals surface area contributed by atoms with Crippen molar-refractivity contribution in [1.82, 2.24) is 0 Å². The first-order chi connectivity index (χ1) is 14.5. The van der Waals surface area contributed by atoms with Crippen molar-refractivity contribution in [2.45, 2.75) is 6.92 Å². The van der Waals surface area contributed by atoms with E-state index in [0.717, 1.165) is 4.90 Å². The predicted molar refractivity (Wildman–Crippen MR) is 115 cm³/mol. The van der Waals surface area contributed by atoms with Crippen LogP contribution < -0.4 is 15.0 Å². The number of ether oxygens (including phenoxy) is 1. The number of halogens is 1. The van der Waals surface area contributed by atoms with Crippen molar-refractivity contribution in [3.05, 3.63) is 88.4 Å². The second-order valence-corrected chi connectivity index (χ2v) is 6.97. The molecule has 3 aromatic rings. The van der Waals surface area contributed by atoms with Crippen LogP contribution in [0.25, 0.3) is 0 Å². The molecule has 1 heterocycles. The summed E-state index contributed by atoms with van der Waals surface area (Å²) in [6, 6.07) is 18.0. The van der Waals surface area contributed by atoms with Crippen molar-refractivity contribution < 1.29 is 19.1 Å². The Bertz CT molecular complexity index is 1160. The van der Waals surface area contributed by atoms with E-state index in [2.05, 4.69) is 5.32 Å². The zero-order chi connectivity index (χ0) is 21.3. The molecule has 0 saturated carbocycles. The Morgan fingerprint density at radius 3 is 2.37 bits per heavy atom. The Morgan fingerprint density at radius 2 is 1.67 bits per heavy atom. The zero-order valence-corrected chi connectivity index (χ0v) is 16.8. The van der Waals surface area contributed by atoms with Crippen LogP contribution in [-0.4, -0.2) is 24.3 Å². The van der Waals surface area contributed by atoms with Crippen LogP contribution in [0.15, 0.2) is 66.7 Å². The van der Waals surface area contributed by atoms with Gasteiger partial charge in [-0.3, -0.25) is 14.4 Å². The van der Waals surface area contributed by atoms with E-state index in [0.29, 0.717) is 28.8 Å². The molecule has 0 aliphatic carbocycles. The topological polar surface area (TPSA) is 75.7 Å². The minimum atomic E-state index is -0.480. The minimum absolute atomic E-state index is 0.181. The molecule has 30 heavy (non-hydrogen) atoms. The molecule has 0 atom stereocenters. The highest BCUT2D eigenvalue weighted by Crippen LogP contribution is 2.30. The molecule has 1 aliphatic heterocycles. The summed E-state index contributed by atoms with van der Waals surface area (Å²) in [4.78, 5) is 39.4. The van der Waals surface area contributed by atoms with E-state index in [1.54, 1.807) is 48.5 Å². The molecule has 3 aromatic carbocycles. The molecule has 0 aromatic heterocycles. The van der Waals surface area contributed by atoms with Crippen molar-refractivity contribution in [2.24, 2.45) is 0 Å². The van der Waals surface area contributed by atoms with Crippen LogP contribution >= 0.6 is 11.6 Å². The van der Waals surface area contributed by atoms with Crippen molar-refractivity contribution >= 4 is 40.7 Å². The molecule has 6 nitrogen and oxygen atoms in total. The van der Waals surface area contributed by atoms with Crippen LogP contribution in [-0.2, 0) is 0 Å². The molecule has 0 fully saturated rings. The van der Waals surface area contributed by atoms with E-state index in [1.807, 2.05) is 6.92 Å². The standard InChI is InChI=1S/C23H17ClN2O4/c1-2-30-16-10-8-15(9-11-16)26-22(28)17-12-7-14(13-18(17)23(26)29)21(27)25-20-6-4-3-5-19(20)24/h3-13H,2H2,1H3,(H,25,27). The number of amides is 3. The summed E-state index contributed by atoms with van der Waals surface area (Å²) in [7, 11) is 0. The summed E-state index contributed by atoms with van der Waals surface area (Å²) in [5.74, 6) is -0.689. The number of imide groups is 1. The molecule has 0 bridgehead atoms. The molecule has 4 rings (SSSR count). The Balaban J connectivity index is 1.60. The van der Waals surface area contributed by atoms with Gasteiger partial charge < -0.3 is 10.1 Å². The molecule has 0 spiro atoms. The van der Waals surface area contributed by atoms with Gasteiger partial charge in [-0.2, -0.15) is 0 Å². The van der Waals surface area contributed by atoms with Gasteiger partial charge >= 0.3 is 0 Å². The Kier molecular flexibility index (Phi) is 5.25. The number of benzene rings is 3. The first kappa shape index (κ1) is 19.7. The Labute approximate surface area is 178 Å². The molecular weight excluding hydrogens is 404 g/mol. The number of fused-ring (bicyclic) bond motifs is 1. The van der Waals surface area contributed by atoms with E-state index < -0.39 is 17.7 Å². The summed E-state index contributed by atoms with van der Waals surface area (Å²) in [5, 5.41) is 3.11. The van der Waals surface area contributed by atoms with Gasteiger partial charge in [0.15, 0.2) is 0 Å². The van der Waals surface area contributed by atoms with Crippen molar-refractivity contribution in [1.29, 1.82) is 0 Å². The molecule has 0 saturated heterocycles. The fourth-order valence-corrected chi connectivity index (χ4v) is 3.41. The average molecular weight is 421 g/mol. The van der Waals surface area contributed by atoms with Crippen LogP contribution in [0.2, 0.25) is 5.02 Å². The molecule has 7 heteroatoms. The summed E-state index contributed by atoms with van der Waals surface area (Å²) in [5.41, 5.74) is 1.59. The maximum Gasteiger partial charge on any atom is 0.266 e. The van der Waals surface area contributed by atoms with Crippen LogP contribution in [0.3, 0.4) is 0 Å². The summed E-state index contributed by atoms with van der Waals surface area (Å²) >= 11 is 6.08. The van der Waals surface area contributed by atoms with Crippen molar-refractivity contribution in [3.63, 3.8) is 0 Å². The van der Waals surface area contributed by atoms with E-state index in [1.165, 1.54) is 18.2 Å². The first-order valence-electron chi connectivity index (χ1n) is 9.31. The minimum Gasteiger partial charge on any atom is -0.494 e. The third-order valence-electron chi connectivity index (χ3n) is 4.68. The van der Waals surface area contributed by atoms with Gasteiger partial charge in [0.2, 0.25) is 0 Å². The lowest BCUT2D eigenvalue weighted by molar-refractivity contribution is 0.0925. The number of nitrogens with zero attached hydrogens (tertiary/aromatic N) is 1. The second kappa shape index (κ2) is 8.00.